The second-order valence-electron chi connectivity index (χ2n) is 5.50. The molecule has 0 bridgehead atoms. The van der Waals surface area contributed by atoms with Gasteiger partial charge in [-0.05, 0) is 32.1 Å². The summed E-state index contributed by atoms with van der Waals surface area (Å²) < 4.78 is 5.67. The molecule has 1 aromatic rings. The lowest BCUT2D eigenvalue weighted by Crippen LogP contribution is -2.33. The van der Waals surface area contributed by atoms with Gasteiger partial charge in [0.05, 0.1) is 13.1 Å². The van der Waals surface area contributed by atoms with Gasteiger partial charge in [0, 0.05) is 19.6 Å². The molecule has 4 heteroatoms. The van der Waals surface area contributed by atoms with Crippen LogP contribution >= 0.6 is 0 Å². The molecule has 0 aliphatic carbocycles. The zero-order valence-corrected chi connectivity index (χ0v) is 12.1. The van der Waals surface area contributed by atoms with Gasteiger partial charge in [0.1, 0.15) is 11.5 Å². The van der Waals surface area contributed by atoms with Crippen molar-refractivity contribution in [2.45, 2.75) is 26.9 Å². The van der Waals surface area contributed by atoms with E-state index in [1.54, 1.807) is 0 Å². The van der Waals surface area contributed by atoms with Crippen LogP contribution in [0, 0.1) is 5.92 Å². The van der Waals surface area contributed by atoms with Crippen LogP contribution in [0.2, 0.25) is 0 Å². The molecule has 0 saturated carbocycles. The van der Waals surface area contributed by atoms with Crippen molar-refractivity contribution in [3.8, 4) is 0 Å². The largest absolute Gasteiger partial charge is 0.463 e. The summed E-state index contributed by atoms with van der Waals surface area (Å²) in [5.41, 5.74) is 5.56. The Hall–Kier alpha value is -0.840. The molecule has 18 heavy (non-hydrogen) atoms. The summed E-state index contributed by atoms with van der Waals surface area (Å²) in [4.78, 5) is 4.64. The maximum Gasteiger partial charge on any atom is 0.118 e. The van der Waals surface area contributed by atoms with E-state index < -0.39 is 0 Å². The van der Waals surface area contributed by atoms with Crippen LogP contribution in [0.1, 0.15) is 25.4 Å². The lowest BCUT2D eigenvalue weighted by molar-refractivity contribution is 0.197. The van der Waals surface area contributed by atoms with Crippen molar-refractivity contribution in [2.75, 3.05) is 33.7 Å². The Kier molecular flexibility index (Phi) is 6.39. The highest BCUT2D eigenvalue weighted by atomic mass is 16.3. The van der Waals surface area contributed by atoms with Crippen LogP contribution < -0.4 is 5.73 Å². The third kappa shape index (κ3) is 5.67. The lowest BCUT2D eigenvalue weighted by Gasteiger charge is -2.24. The molecule has 0 fully saturated rings. The first kappa shape index (κ1) is 15.2. The second-order valence-corrected chi connectivity index (χ2v) is 5.50. The van der Waals surface area contributed by atoms with Gasteiger partial charge in [-0.1, -0.05) is 13.8 Å². The highest BCUT2D eigenvalue weighted by Crippen LogP contribution is 2.11. The second kappa shape index (κ2) is 7.56. The van der Waals surface area contributed by atoms with E-state index in [2.05, 4.69) is 37.7 Å². The van der Waals surface area contributed by atoms with E-state index in [0.717, 1.165) is 37.7 Å². The number of nitrogens with zero attached hydrogens (tertiary/aromatic N) is 2. The molecule has 0 atom stereocenters. The minimum atomic E-state index is 0.474. The van der Waals surface area contributed by atoms with Gasteiger partial charge in [-0.3, -0.25) is 4.90 Å². The minimum Gasteiger partial charge on any atom is -0.463 e. The van der Waals surface area contributed by atoms with Crippen LogP contribution in [0.3, 0.4) is 0 Å². The van der Waals surface area contributed by atoms with Gasteiger partial charge in [0.15, 0.2) is 0 Å². The van der Waals surface area contributed by atoms with Gasteiger partial charge in [-0.25, -0.2) is 0 Å². The fraction of sp³-hybridized carbons (Fsp3) is 0.714. The lowest BCUT2D eigenvalue weighted by atomic mass is 10.2. The average Bonchev–Trinajstić information content (AvgIpc) is 2.73. The Bertz CT molecular complexity index is 334. The summed E-state index contributed by atoms with van der Waals surface area (Å²) in [7, 11) is 4.21. The van der Waals surface area contributed by atoms with E-state index >= 15 is 0 Å². The molecule has 0 aromatic carbocycles. The monoisotopic (exact) mass is 253 g/mol. The number of hydrogen-bond acceptors (Lipinski definition) is 4. The quantitative estimate of drug-likeness (QED) is 0.767. The van der Waals surface area contributed by atoms with Crippen molar-refractivity contribution in [1.29, 1.82) is 0 Å². The average molecular weight is 253 g/mol. The Morgan fingerprint density at radius 2 is 1.83 bits per heavy atom. The normalized spacial score (nSPS) is 12.0. The van der Waals surface area contributed by atoms with Gasteiger partial charge in [-0.2, -0.15) is 0 Å². The number of likely N-dealkylation sites (N-methyl/N-ethyl adjacent to an activating group) is 1. The molecule has 0 unspecified atom stereocenters. The molecule has 0 spiro atoms. The van der Waals surface area contributed by atoms with Crippen LogP contribution in [0.4, 0.5) is 0 Å². The smallest absolute Gasteiger partial charge is 0.118 e. The summed E-state index contributed by atoms with van der Waals surface area (Å²) in [5.74, 6) is 2.54. The first-order chi connectivity index (χ1) is 8.51. The molecular formula is C14H27N3O. The highest BCUT2D eigenvalue weighted by Gasteiger charge is 2.11. The third-order valence-corrected chi connectivity index (χ3v) is 2.78. The highest BCUT2D eigenvalue weighted by molar-refractivity contribution is 5.06. The fourth-order valence-electron chi connectivity index (χ4n) is 1.93. The SMILES string of the molecule is CC(C)CN(CCN(C)C)Cc1ccc(CN)o1. The molecular weight excluding hydrogens is 226 g/mol. The summed E-state index contributed by atoms with van der Waals surface area (Å²) >= 11 is 0. The zero-order chi connectivity index (χ0) is 13.5. The van der Waals surface area contributed by atoms with Crippen LogP contribution in [0.25, 0.3) is 0 Å². The Morgan fingerprint density at radius 1 is 1.17 bits per heavy atom. The number of nitrogens with two attached hydrogens (primary N) is 1. The van der Waals surface area contributed by atoms with Gasteiger partial charge in [-0.15, -0.1) is 0 Å². The van der Waals surface area contributed by atoms with Crippen molar-refractivity contribution in [3.05, 3.63) is 23.7 Å². The molecule has 1 rings (SSSR count). The molecule has 0 saturated heterocycles. The molecule has 4 nitrogen and oxygen atoms in total. The summed E-state index contributed by atoms with van der Waals surface area (Å²) in [6.07, 6.45) is 0. The summed E-state index contributed by atoms with van der Waals surface area (Å²) in [5, 5.41) is 0. The topological polar surface area (TPSA) is 45.6 Å². The first-order valence-electron chi connectivity index (χ1n) is 6.66. The Morgan fingerprint density at radius 3 is 2.33 bits per heavy atom. The van der Waals surface area contributed by atoms with E-state index in [4.69, 9.17) is 10.2 Å². The molecule has 0 aliphatic rings. The van der Waals surface area contributed by atoms with E-state index in [1.165, 1.54) is 0 Å². The van der Waals surface area contributed by atoms with Gasteiger partial charge >= 0.3 is 0 Å². The van der Waals surface area contributed by atoms with Crippen LogP contribution in [0.15, 0.2) is 16.5 Å². The van der Waals surface area contributed by atoms with Crippen molar-refractivity contribution < 1.29 is 4.42 Å². The summed E-state index contributed by atoms with van der Waals surface area (Å²) in [6.45, 7) is 9.05. The molecule has 104 valence electrons. The maximum absolute atomic E-state index is 5.67. The maximum atomic E-state index is 5.67. The van der Waals surface area contributed by atoms with Crippen molar-refractivity contribution in [2.24, 2.45) is 11.7 Å². The minimum absolute atomic E-state index is 0.474. The van der Waals surface area contributed by atoms with E-state index in [-0.39, 0.29) is 0 Å². The third-order valence-electron chi connectivity index (χ3n) is 2.78. The predicted molar refractivity (Wildman–Crippen MR) is 75.3 cm³/mol. The summed E-state index contributed by atoms with van der Waals surface area (Å²) in [6, 6.07) is 4.00. The molecule has 0 radical (unpaired) electrons. The van der Waals surface area contributed by atoms with Crippen molar-refractivity contribution in [3.63, 3.8) is 0 Å². The standard InChI is InChI=1S/C14H27N3O/c1-12(2)10-17(8-7-16(3)4)11-14-6-5-13(9-15)18-14/h5-6,12H,7-11,15H2,1-4H3. The molecule has 0 amide bonds. The van der Waals surface area contributed by atoms with Gasteiger partial charge in [0.2, 0.25) is 0 Å². The predicted octanol–water partition coefficient (Wildman–Crippen LogP) is 1.76. The molecule has 1 aromatic heterocycles. The van der Waals surface area contributed by atoms with E-state index in [0.29, 0.717) is 12.5 Å². The van der Waals surface area contributed by atoms with Gasteiger partial charge in [0.25, 0.3) is 0 Å². The van der Waals surface area contributed by atoms with E-state index in [1.807, 2.05) is 12.1 Å². The number of rotatable bonds is 8. The van der Waals surface area contributed by atoms with Crippen LogP contribution in [0.5, 0.6) is 0 Å². The van der Waals surface area contributed by atoms with Gasteiger partial charge < -0.3 is 15.1 Å². The van der Waals surface area contributed by atoms with Crippen LogP contribution in [-0.4, -0.2) is 43.5 Å². The molecule has 1 heterocycles. The zero-order valence-electron chi connectivity index (χ0n) is 12.1. The molecule has 0 aliphatic heterocycles. The Balaban J connectivity index is 2.53. The van der Waals surface area contributed by atoms with Crippen LogP contribution in [-0.2, 0) is 13.1 Å². The Labute approximate surface area is 111 Å². The molecule has 2 N–H and O–H groups in total. The van der Waals surface area contributed by atoms with Crippen molar-refractivity contribution in [1.82, 2.24) is 9.80 Å². The number of furan rings is 1. The van der Waals surface area contributed by atoms with E-state index in [9.17, 15) is 0 Å². The first-order valence-corrected chi connectivity index (χ1v) is 6.66. The fourth-order valence-corrected chi connectivity index (χ4v) is 1.93. The van der Waals surface area contributed by atoms with Crippen molar-refractivity contribution >= 4 is 0 Å². The number of hydrogen-bond donors (Lipinski definition) is 1.